The van der Waals surface area contributed by atoms with Crippen molar-refractivity contribution in [2.75, 3.05) is 18.9 Å². The highest BCUT2D eigenvalue weighted by molar-refractivity contribution is 7.92. The number of carbonyl (C=O) groups is 1. The molecular formula is C23H24N2O4S. The molecule has 7 heteroatoms. The van der Waals surface area contributed by atoms with Crippen LogP contribution in [0, 0.1) is 6.92 Å². The molecule has 0 aliphatic heterocycles. The number of amides is 1. The number of para-hydroxylation sites is 2. The van der Waals surface area contributed by atoms with Crippen LogP contribution in [-0.4, -0.2) is 33.4 Å². The molecule has 0 aliphatic rings. The van der Waals surface area contributed by atoms with Crippen molar-refractivity contribution in [3.63, 3.8) is 0 Å². The summed E-state index contributed by atoms with van der Waals surface area (Å²) in [7, 11) is -0.625. The smallest absolute Gasteiger partial charge is 0.262 e. The van der Waals surface area contributed by atoms with Crippen LogP contribution in [0.3, 0.4) is 0 Å². The normalized spacial score (nSPS) is 11.0. The van der Waals surface area contributed by atoms with Gasteiger partial charge in [0.05, 0.1) is 17.7 Å². The number of anilines is 1. The third kappa shape index (κ3) is 4.99. The molecule has 0 unspecified atom stereocenters. The van der Waals surface area contributed by atoms with Gasteiger partial charge in [-0.25, -0.2) is 8.42 Å². The van der Waals surface area contributed by atoms with Gasteiger partial charge in [0, 0.05) is 19.2 Å². The highest BCUT2D eigenvalue weighted by Gasteiger charge is 2.18. The van der Waals surface area contributed by atoms with Crippen LogP contribution < -0.4 is 9.46 Å². The van der Waals surface area contributed by atoms with Gasteiger partial charge in [-0.05, 0) is 48.9 Å². The van der Waals surface area contributed by atoms with E-state index in [0.29, 0.717) is 23.5 Å². The number of hydrogen-bond donors (Lipinski definition) is 1. The van der Waals surface area contributed by atoms with Crippen molar-refractivity contribution >= 4 is 21.6 Å². The molecule has 0 radical (unpaired) electrons. The second kappa shape index (κ2) is 9.00. The zero-order valence-electron chi connectivity index (χ0n) is 17.1. The quantitative estimate of drug-likeness (QED) is 0.620. The van der Waals surface area contributed by atoms with E-state index in [1.165, 1.54) is 31.4 Å². The zero-order chi connectivity index (χ0) is 21.7. The highest BCUT2D eigenvalue weighted by atomic mass is 32.2. The summed E-state index contributed by atoms with van der Waals surface area (Å²) in [5.74, 6) is 0.239. The zero-order valence-corrected chi connectivity index (χ0v) is 17.9. The molecule has 30 heavy (non-hydrogen) atoms. The second-order valence-electron chi connectivity index (χ2n) is 6.98. The Morgan fingerprint density at radius 1 is 0.967 bits per heavy atom. The van der Waals surface area contributed by atoms with Crippen LogP contribution in [0.25, 0.3) is 0 Å². The molecule has 0 aromatic heterocycles. The lowest BCUT2D eigenvalue weighted by molar-refractivity contribution is 0.0785. The lowest BCUT2D eigenvalue weighted by Crippen LogP contribution is -2.26. The summed E-state index contributed by atoms with van der Waals surface area (Å²) in [5.41, 5.74) is 2.95. The number of nitrogens with zero attached hydrogens (tertiary/aromatic N) is 1. The van der Waals surface area contributed by atoms with Gasteiger partial charge in [-0.2, -0.15) is 0 Å². The topological polar surface area (TPSA) is 75.7 Å². The van der Waals surface area contributed by atoms with E-state index in [1.54, 1.807) is 36.2 Å². The van der Waals surface area contributed by atoms with Gasteiger partial charge in [0.1, 0.15) is 5.75 Å². The Bertz CT molecular complexity index is 1120. The van der Waals surface area contributed by atoms with E-state index in [1.807, 2.05) is 31.2 Å². The van der Waals surface area contributed by atoms with Crippen LogP contribution in [0.1, 0.15) is 21.5 Å². The molecule has 3 rings (SSSR count). The molecule has 0 heterocycles. The molecule has 3 aromatic carbocycles. The van der Waals surface area contributed by atoms with Crippen LogP contribution in [0.15, 0.2) is 77.7 Å². The fraction of sp³-hybridized carbons (Fsp3) is 0.174. The van der Waals surface area contributed by atoms with Gasteiger partial charge >= 0.3 is 0 Å². The largest absolute Gasteiger partial charge is 0.495 e. The fourth-order valence-electron chi connectivity index (χ4n) is 2.97. The summed E-state index contributed by atoms with van der Waals surface area (Å²) >= 11 is 0. The first-order valence-corrected chi connectivity index (χ1v) is 10.9. The standard InChI is InChI=1S/C23H24N2O4S/c1-17-8-10-18(11-9-17)16-25(2)23(26)19-12-14-20(15-13-19)30(27,28)24-21-6-4-5-7-22(21)29-3/h4-15,24H,16H2,1-3H3. The SMILES string of the molecule is COc1ccccc1NS(=O)(=O)c1ccc(C(=O)N(C)Cc2ccc(C)cc2)cc1. The van der Waals surface area contributed by atoms with Crippen molar-refractivity contribution in [2.45, 2.75) is 18.4 Å². The van der Waals surface area contributed by atoms with E-state index in [4.69, 9.17) is 4.74 Å². The molecule has 6 nitrogen and oxygen atoms in total. The lowest BCUT2D eigenvalue weighted by Gasteiger charge is -2.18. The van der Waals surface area contributed by atoms with E-state index in [0.717, 1.165) is 11.1 Å². The number of carbonyl (C=O) groups excluding carboxylic acids is 1. The first-order chi connectivity index (χ1) is 14.3. The molecule has 0 saturated carbocycles. The van der Waals surface area contributed by atoms with Gasteiger partial charge in [0.25, 0.3) is 15.9 Å². The van der Waals surface area contributed by atoms with Crippen molar-refractivity contribution in [3.05, 3.63) is 89.5 Å². The summed E-state index contributed by atoms with van der Waals surface area (Å²) in [6.45, 7) is 2.48. The first kappa shape index (κ1) is 21.4. The Hall–Kier alpha value is -3.32. The van der Waals surface area contributed by atoms with Crippen molar-refractivity contribution in [1.82, 2.24) is 4.90 Å². The second-order valence-corrected chi connectivity index (χ2v) is 8.66. The fourth-order valence-corrected chi connectivity index (χ4v) is 4.04. The third-order valence-electron chi connectivity index (χ3n) is 4.65. The van der Waals surface area contributed by atoms with Crippen LogP contribution in [0.4, 0.5) is 5.69 Å². The first-order valence-electron chi connectivity index (χ1n) is 9.37. The average Bonchev–Trinajstić information content (AvgIpc) is 2.75. The molecule has 3 aromatic rings. The number of ether oxygens (including phenoxy) is 1. The maximum absolute atomic E-state index is 12.7. The molecule has 0 aliphatic carbocycles. The molecule has 156 valence electrons. The number of rotatable bonds is 7. The maximum atomic E-state index is 12.7. The predicted molar refractivity (Wildman–Crippen MR) is 117 cm³/mol. The van der Waals surface area contributed by atoms with E-state index < -0.39 is 10.0 Å². The summed E-state index contributed by atoms with van der Waals surface area (Å²) in [6, 6.07) is 20.6. The average molecular weight is 425 g/mol. The summed E-state index contributed by atoms with van der Waals surface area (Å²) in [5, 5.41) is 0. The third-order valence-corrected chi connectivity index (χ3v) is 6.03. The van der Waals surface area contributed by atoms with Crippen molar-refractivity contribution in [2.24, 2.45) is 0 Å². The number of hydrogen-bond acceptors (Lipinski definition) is 4. The molecule has 0 bridgehead atoms. The van der Waals surface area contributed by atoms with Gasteiger partial charge in [-0.3, -0.25) is 9.52 Å². The van der Waals surface area contributed by atoms with E-state index in [2.05, 4.69) is 4.72 Å². The molecule has 0 atom stereocenters. The number of methoxy groups -OCH3 is 1. The maximum Gasteiger partial charge on any atom is 0.262 e. The minimum Gasteiger partial charge on any atom is -0.495 e. The summed E-state index contributed by atoms with van der Waals surface area (Å²) in [4.78, 5) is 14.4. The van der Waals surface area contributed by atoms with Crippen molar-refractivity contribution in [3.8, 4) is 5.75 Å². The molecular weight excluding hydrogens is 400 g/mol. The molecule has 0 fully saturated rings. The monoisotopic (exact) mass is 424 g/mol. The molecule has 0 spiro atoms. The Morgan fingerprint density at radius 3 is 2.23 bits per heavy atom. The van der Waals surface area contributed by atoms with Gasteiger partial charge in [0.2, 0.25) is 0 Å². The van der Waals surface area contributed by atoms with E-state index >= 15 is 0 Å². The van der Waals surface area contributed by atoms with Crippen LogP contribution in [-0.2, 0) is 16.6 Å². The van der Waals surface area contributed by atoms with Crippen molar-refractivity contribution < 1.29 is 17.9 Å². The Balaban J connectivity index is 1.73. The number of aryl methyl sites for hydroxylation is 1. The number of nitrogens with one attached hydrogen (secondary N) is 1. The Morgan fingerprint density at radius 2 is 1.60 bits per heavy atom. The van der Waals surface area contributed by atoms with E-state index in [9.17, 15) is 13.2 Å². The Kier molecular flexibility index (Phi) is 6.42. The predicted octanol–water partition coefficient (Wildman–Crippen LogP) is 4.08. The van der Waals surface area contributed by atoms with Gasteiger partial charge in [0.15, 0.2) is 0 Å². The molecule has 1 amide bonds. The highest BCUT2D eigenvalue weighted by Crippen LogP contribution is 2.26. The number of sulfonamides is 1. The van der Waals surface area contributed by atoms with Gasteiger partial charge < -0.3 is 9.64 Å². The number of benzene rings is 3. The lowest BCUT2D eigenvalue weighted by atomic mass is 10.1. The van der Waals surface area contributed by atoms with Crippen molar-refractivity contribution in [1.29, 1.82) is 0 Å². The minimum atomic E-state index is -3.82. The van der Waals surface area contributed by atoms with E-state index in [-0.39, 0.29) is 10.8 Å². The summed E-state index contributed by atoms with van der Waals surface area (Å²) < 4.78 is 33.1. The molecule has 0 saturated heterocycles. The van der Waals surface area contributed by atoms with Crippen LogP contribution in [0.2, 0.25) is 0 Å². The Labute approximate surface area is 177 Å². The van der Waals surface area contributed by atoms with Crippen LogP contribution >= 0.6 is 0 Å². The minimum absolute atomic E-state index is 0.0612. The van der Waals surface area contributed by atoms with Gasteiger partial charge in [-0.1, -0.05) is 42.0 Å². The summed E-state index contributed by atoms with van der Waals surface area (Å²) in [6.07, 6.45) is 0. The van der Waals surface area contributed by atoms with Crippen LogP contribution in [0.5, 0.6) is 5.75 Å². The van der Waals surface area contributed by atoms with Gasteiger partial charge in [-0.15, -0.1) is 0 Å². The molecule has 1 N–H and O–H groups in total.